The maximum absolute atomic E-state index is 10.9. The van der Waals surface area contributed by atoms with Gasteiger partial charge in [0.2, 0.25) is 0 Å². The van der Waals surface area contributed by atoms with Crippen molar-refractivity contribution in [1.29, 1.82) is 0 Å². The van der Waals surface area contributed by atoms with Gasteiger partial charge in [-0.3, -0.25) is 4.79 Å². The Morgan fingerprint density at radius 1 is 1.82 bits per heavy atom. The lowest BCUT2D eigenvalue weighted by molar-refractivity contribution is -0.111. The molecule has 0 aromatic carbocycles. The molecule has 1 N–H and O–H groups in total. The lowest BCUT2D eigenvalue weighted by Crippen LogP contribution is -2.16. The summed E-state index contributed by atoms with van der Waals surface area (Å²) in [6.07, 6.45) is 3.73. The molecule has 2 nitrogen and oxygen atoms in total. The minimum Gasteiger partial charge on any atom is -0.336 e. The quantitative estimate of drug-likeness (QED) is 0.482. The second-order valence-corrected chi connectivity index (χ2v) is 3.35. The first kappa shape index (κ1) is 8.31. The van der Waals surface area contributed by atoms with Gasteiger partial charge in [0.05, 0.1) is 0 Å². The molecule has 62 valence electrons. The van der Waals surface area contributed by atoms with Crippen LogP contribution in [0, 0.1) is 5.92 Å². The summed E-state index contributed by atoms with van der Waals surface area (Å²) in [6.45, 7) is 7.93. The number of hydrogen-bond acceptors (Lipinski definition) is 1. The largest absolute Gasteiger partial charge is 0.336 e. The maximum atomic E-state index is 10.9. The van der Waals surface area contributed by atoms with E-state index in [1.807, 2.05) is 0 Å². The van der Waals surface area contributed by atoms with Gasteiger partial charge < -0.3 is 5.32 Å². The molecule has 1 fully saturated rings. The SMILES string of the molecule is C=CC1(CC(C)CC)NC1=O. The van der Waals surface area contributed by atoms with Crippen molar-refractivity contribution >= 4 is 5.91 Å². The first-order chi connectivity index (χ1) is 5.14. The molecule has 1 amide bonds. The molecule has 0 saturated carbocycles. The number of rotatable bonds is 4. The Morgan fingerprint density at radius 2 is 2.36 bits per heavy atom. The first-order valence-electron chi connectivity index (χ1n) is 4.11. The van der Waals surface area contributed by atoms with Crippen molar-refractivity contribution in [3.63, 3.8) is 0 Å². The molecule has 2 atom stereocenters. The molecule has 2 unspecified atom stereocenters. The van der Waals surface area contributed by atoms with Crippen LogP contribution in [0.2, 0.25) is 0 Å². The van der Waals surface area contributed by atoms with Crippen LogP contribution in [-0.2, 0) is 4.79 Å². The van der Waals surface area contributed by atoms with E-state index in [4.69, 9.17) is 0 Å². The van der Waals surface area contributed by atoms with Gasteiger partial charge in [-0.05, 0) is 12.3 Å². The van der Waals surface area contributed by atoms with E-state index in [-0.39, 0.29) is 11.4 Å². The summed E-state index contributed by atoms with van der Waals surface area (Å²) in [5, 5.41) is 2.80. The van der Waals surface area contributed by atoms with Gasteiger partial charge in [0, 0.05) is 0 Å². The number of nitrogens with one attached hydrogen (secondary N) is 1. The fourth-order valence-corrected chi connectivity index (χ4v) is 1.24. The summed E-state index contributed by atoms with van der Waals surface area (Å²) in [6, 6.07) is 0. The van der Waals surface area contributed by atoms with Crippen LogP contribution in [-0.4, -0.2) is 11.4 Å². The lowest BCUT2D eigenvalue weighted by atomic mass is 9.94. The molecule has 0 radical (unpaired) electrons. The number of carbonyl (C=O) groups excluding carboxylic acids is 1. The Labute approximate surface area is 67.7 Å². The molecule has 1 heterocycles. The van der Waals surface area contributed by atoms with Gasteiger partial charge in [0.1, 0.15) is 5.54 Å². The number of hydrogen-bond donors (Lipinski definition) is 1. The first-order valence-corrected chi connectivity index (χ1v) is 4.11. The van der Waals surface area contributed by atoms with Gasteiger partial charge in [0.15, 0.2) is 0 Å². The fraction of sp³-hybridized carbons (Fsp3) is 0.667. The summed E-state index contributed by atoms with van der Waals surface area (Å²) in [4.78, 5) is 10.9. The van der Waals surface area contributed by atoms with Crippen LogP contribution in [0.4, 0.5) is 0 Å². The van der Waals surface area contributed by atoms with Crippen molar-refractivity contribution in [3.05, 3.63) is 12.7 Å². The highest BCUT2D eigenvalue weighted by atomic mass is 16.2. The summed E-state index contributed by atoms with van der Waals surface area (Å²) in [5.41, 5.74) is -0.352. The van der Waals surface area contributed by atoms with Crippen molar-refractivity contribution in [2.75, 3.05) is 0 Å². The molecular weight excluding hydrogens is 138 g/mol. The minimum atomic E-state index is -0.352. The van der Waals surface area contributed by atoms with E-state index in [9.17, 15) is 4.79 Å². The zero-order chi connectivity index (χ0) is 8.48. The molecule has 1 aliphatic heterocycles. The summed E-state index contributed by atoms with van der Waals surface area (Å²) < 4.78 is 0. The molecule has 0 aromatic heterocycles. The zero-order valence-electron chi connectivity index (χ0n) is 7.18. The Hall–Kier alpha value is -0.790. The van der Waals surface area contributed by atoms with Gasteiger partial charge >= 0.3 is 0 Å². The molecule has 2 heteroatoms. The summed E-state index contributed by atoms with van der Waals surface area (Å²) in [7, 11) is 0. The number of amides is 1. The van der Waals surface area contributed by atoms with E-state index in [1.54, 1.807) is 6.08 Å². The van der Waals surface area contributed by atoms with Gasteiger partial charge in [-0.1, -0.05) is 26.3 Å². The smallest absolute Gasteiger partial charge is 0.250 e. The molecule has 1 aliphatic rings. The molecule has 0 aliphatic carbocycles. The van der Waals surface area contributed by atoms with Crippen LogP contribution in [0.25, 0.3) is 0 Å². The summed E-state index contributed by atoms with van der Waals surface area (Å²) in [5.74, 6) is 0.722. The van der Waals surface area contributed by atoms with E-state index in [0.717, 1.165) is 12.8 Å². The van der Waals surface area contributed by atoms with E-state index in [0.29, 0.717) is 5.92 Å². The average Bonchev–Trinajstić information content (AvgIpc) is 2.62. The van der Waals surface area contributed by atoms with Crippen molar-refractivity contribution in [3.8, 4) is 0 Å². The number of carbonyl (C=O) groups is 1. The third kappa shape index (κ3) is 1.44. The monoisotopic (exact) mass is 153 g/mol. The Bertz CT molecular complexity index is 188. The minimum absolute atomic E-state index is 0.132. The third-order valence-corrected chi connectivity index (χ3v) is 2.40. The second kappa shape index (κ2) is 2.68. The zero-order valence-corrected chi connectivity index (χ0v) is 7.18. The van der Waals surface area contributed by atoms with Crippen molar-refractivity contribution in [2.45, 2.75) is 32.2 Å². The molecule has 11 heavy (non-hydrogen) atoms. The van der Waals surface area contributed by atoms with Crippen LogP contribution in [0.3, 0.4) is 0 Å². The standard InChI is InChI=1S/C9H15NO/c1-4-7(3)6-9(5-2)8(11)10-9/h5,7H,2,4,6H2,1,3H3,(H,10,11). The Morgan fingerprint density at radius 3 is 2.64 bits per heavy atom. The van der Waals surface area contributed by atoms with E-state index in [2.05, 4.69) is 25.7 Å². The van der Waals surface area contributed by atoms with E-state index < -0.39 is 0 Å². The maximum Gasteiger partial charge on any atom is 0.250 e. The predicted molar refractivity (Wildman–Crippen MR) is 45.1 cm³/mol. The van der Waals surface area contributed by atoms with E-state index >= 15 is 0 Å². The molecular formula is C9H15NO. The van der Waals surface area contributed by atoms with Crippen LogP contribution >= 0.6 is 0 Å². The van der Waals surface area contributed by atoms with Crippen LogP contribution in [0.15, 0.2) is 12.7 Å². The summed E-state index contributed by atoms with van der Waals surface area (Å²) >= 11 is 0. The highest BCUT2D eigenvalue weighted by Crippen LogP contribution is 2.29. The van der Waals surface area contributed by atoms with Gasteiger partial charge in [-0.25, -0.2) is 0 Å². The highest BCUT2D eigenvalue weighted by molar-refractivity contribution is 6.04. The van der Waals surface area contributed by atoms with Crippen LogP contribution in [0.1, 0.15) is 26.7 Å². The molecule has 1 rings (SSSR count). The second-order valence-electron chi connectivity index (χ2n) is 3.35. The fourth-order valence-electron chi connectivity index (χ4n) is 1.24. The molecule has 1 saturated heterocycles. The van der Waals surface area contributed by atoms with Crippen molar-refractivity contribution in [2.24, 2.45) is 5.92 Å². The topological polar surface area (TPSA) is 39.0 Å². The molecule has 0 aromatic rings. The normalized spacial score (nSPS) is 30.9. The van der Waals surface area contributed by atoms with Gasteiger partial charge in [-0.15, -0.1) is 6.58 Å². The van der Waals surface area contributed by atoms with Gasteiger partial charge in [0.25, 0.3) is 5.91 Å². The van der Waals surface area contributed by atoms with Crippen LogP contribution in [0.5, 0.6) is 0 Å². The predicted octanol–water partition coefficient (Wildman–Crippen LogP) is 1.48. The van der Waals surface area contributed by atoms with Crippen molar-refractivity contribution in [1.82, 2.24) is 5.32 Å². The van der Waals surface area contributed by atoms with Crippen LogP contribution < -0.4 is 5.32 Å². The van der Waals surface area contributed by atoms with E-state index in [1.165, 1.54) is 0 Å². The lowest BCUT2D eigenvalue weighted by Gasteiger charge is -2.10. The Kier molecular flexibility index (Phi) is 2.03. The highest BCUT2D eigenvalue weighted by Gasteiger charge is 2.50. The Balaban J connectivity index is 2.47. The molecule has 0 bridgehead atoms. The third-order valence-electron chi connectivity index (χ3n) is 2.40. The average molecular weight is 153 g/mol. The van der Waals surface area contributed by atoms with Crippen molar-refractivity contribution < 1.29 is 4.79 Å². The molecule has 0 spiro atoms. The van der Waals surface area contributed by atoms with Gasteiger partial charge in [-0.2, -0.15) is 0 Å².